The van der Waals surface area contributed by atoms with Gasteiger partial charge in [0.25, 0.3) is 0 Å². The van der Waals surface area contributed by atoms with Gasteiger partial charge < -0.3 is 15.4 Å². The maximum absolute atomic E-state index is 11.6. The van der Waals surface area contributed by atoms with Crippen molar-refractivity contribution in [1.82, 2.24) is 4.90 Å². The molecule has 0 spiro atoms. The van der Waals surface area contributed by atoms with Gasteiger partial charge in [0, 0.05) is 13.1 Å². The summed E-state index contributed by atoms with van der Waals surface area (Å²) in [7, 11) is 1.37. The predicted octanol–water partition coefficient (Wildman–Crippen LogP) is -0.255. The average Bonchev–Trinajstić information content (AvgIpc) is 2.27. The molecule has 0 bridgehead atoms. The van der Waals surface area contributed by atoms with Crippen molar-refractivity contribution in [1.29, 1.82) is 0 Å². The van der Waals surface area contributed by atoms with Crippen LogP contribution in [0.2, 0.25) is 0 Å². The molecule has 5 nitrogen and oxygen atoms in total. The van der Waals surface area contributed by atoms with E-state index in [2.05, 4.69) is 4.74 Å². The van der Waals surface area contributed by atoms with Gasteiger partial charge in [-0.2, -0.15) is 0 Å². The Balaban J connectivity index is 2.56. The molecule has 1 heterocycles. The Morgan fingerprint density at radius 3 is 2.73 bits per heavy atom. The van der Waals surface area contributed by atoms with Gasteiger partial charge in [0.2, 0.25) is 5.91 Å². The van der Waals surface area contributed by atoms with Crippen LogP contribution in [0.4, 0.5) is 0 Å². The second kappa shape index (κ2) is 5.11. The number of nitrogens with zero attached hydrogens (tertiary/aromatic N) is 1. The first-order valence-corrected chi connectivity index (χ1v) is 5.18. The molecule has 0 aromatic carbocycles. The lowest BCUT2D eigenvalue weighted by Gasteiger charge is -2.32. The second-order valence-electron chi connectivity index (χ2n) is 3.94. The fraction of sp³-hybridized carbons (Fsp3) is 0.800. The summed E-state index contributed by atoms with van der Waals surface area (Å²) in [5.41, 5.74) is 5.51. The Labute approximate surface area is 89.6 Å². The van der Waals surface area contributed by atoms with E-state index in [-0.39, 0.29) is 17.8 Å². The number of esters is 1. The number of ether oxygens (including phenoxy) is 1. The molecular formula is C10H18N2O3. The van der Waals surface area contributed by atoms with Crippen LogP contribution in [0, 0.1) is 5.92 Å². The third-order valence-corrected chi connectivity index (χ3v) is 2.66. The number of nitrogens with two attached hydrogens (primary N) is 1. The van der Waals surface area contributed by atoms with E-state index in [9.17, 15) is 9.59 Å². The molecule has 2 N–H and O–H groups in total. The lowest BCUT2D eigenvalue weighted by molar-refractivity contribution is -0.149. The van der Waals surface area contributed by atoms with Crippen LogP contribution in [-0.2, 0) is 14.3 Å². The molecule has 1 aliphatic rings. The Morgan fingerprint density at radius 2 is 2.20 bits per heavy atom. The Morgan fingerprint density at radius 1 is 1.53 bits per heavy atom. The van der Waals surface area contributed by atoms with Gasteiger partial charge in [-0.25, -0.2) is 0 Å². The van der Waals surface area contributed by atoms with Gasteiger partial charge in [-0.15, -0.1) is 0 Å². The molecule has 1 amide bonds. The van der Waals surface area contributed by atoms with Crippen LogP contribution in [0.5, 0.6) is 0 Å². The van der Waals surface area contributed by atoms with Crippen molar-refractivity contribution in [3.05, 3.63) is 0 Å². The number of carbonyl (C=O) groups excluding carboxylic acids is 2. The first kappa shape index (κ1) is 12.0. The van der Waals surface area contributed by atoms with Crippen LogP contribution in [0.15, 0.2) is 0 Å². The van der Waals surface area contributed by atoms with Crippen LogP contribution < -0.4 is 5.73 Å². The van der Waals surface area contributed by atoms with E-state index in [1.165, 1.54) is 7.11 Å². The lowest BCUT2D eigenvalue weighted by atomic mass is 9.98. The van der Waals surface area contributed by atoms with Crippen molar-refractivity contribution in [2.75, 3.05) is 20.2 Å². The number of amides is 1. The number of hydrogen-bond acceptors (Lipinski definition) is 4. The van der Waals surface area contributed by atoms with E-state index < -0.39 is 6.04 Å². The van der Waals surface area contributed by atoms with Gasteiger partial charge in [0.1, 0.15) is 0 Å². The third-order valence-electron chi connectivity index (χ3n) is 2.66. The van der Waals surface area contributed by atoms with Crippen molar-refractivity contribution >= 4 is 11.9 Å². The number of methoxy groups -OCH3 is 1. The molecule has 1 saturated heterocycles. The maximum Gasteiger partial charge on any atom is 0.310 e. The highest BCUT2D eigenvalue weighted by molar-refractivity contribution is 5.82. The highest BCUT2D eigenvalue weighted by Crippen LogP contribution is 2.18. The minimum Gasteiger partial charge on any atom is -0.469 e. The number of piperidine rings is 1. The molecule has 2 atom stereocenters. The first-order chi connectivity index (χ1) is 7.06. The molecule has 1 fully saturated rings. The zero-order chi connectivity index (χ0) is 11.4. The molecule has 15 heavy (non-hydrogen) atoms. The van der Waals surface area contributed by atoms with Gasteiger partial charge in [0.05, 0.1) is 19.1 Å². The third kappa shape index (κ3) is 2.92. The highest BCUT2D eigenvalue weighted by Gasteiger charge is 2.29. The first-order valence-electron chi connectivity index (χ1n) is 5.18. The largest absolute Gasteiger partial charge is 0.469 e. The van der Waals surface area contributed by atoms with Crippen molar-refractivity contribution < 1.29 is 14.3 Å². The van der Waals surface area contributed by atoms with Crippen molar-refractivity contribution in [2.24, 2.45) is 11.7 Å². The molecule has 1 aliphatic heterocycles. The number of likely N-dealkylation sites (tertiary alicyclic amines) is 1. The molecule has 2 unspecified atom stereocenters. The van der Waals surface area contributed by atoms with Gasteiger partial charge in [-0.3, -0.25) is 9.59 Å². The Bertz CT molecular complexity index is 253. The summed E-state index contributed by atoms with van der Waals surface area (Å²) in [4.78, 5) is 24.6. The molecule has 1 rings (SSSR count). The van der Waals surface area contributed by atoms with Crippen LogP contribution in [0.3, 0.4) is 0 Å². The van der Waals surface area contributed by atoms with Crippen LogP contribution in [0.25, 0.3) is 0 Å². The summed E-state index contributed by atoms with van der Waals surface area (Å²) < 4.78 is 4.67. The summed E-state index contributed by atoms with van der Waals surface area (Å²) in [5, 5.41) is 0. The topological polar surface area (TPSA) is 72.6 Å². The molecule has 0 saturated carbocycles. The summed E-state index contributed by atoms with van der Waals surface area (Å²) in [6, 6.07) is -0.499. The minimum atomic E-state index is -0.499. The van der Waals surface area contributed by atoms with E-state index >= 15 is 0 Å². The Hall–Kier alpha value is -1.10. The normalized spacial score (nSPS) is 23.4. The van der Waals surface area contributed by atoms with E-state index in [0.717, 1.165) is 12.8 Å². The predicted molar refractivity (Wildman–Crippen MR) is 55.0 cm³/mol. The molecule has 0 aromatic rings. The zero-order valence-electron chi connectivity index (χ0n) is 9.23. The fourth-order valence-electron chi connectivity index (χ4n) is 1.82. The number of carbonyl (C=O) groups is 2. The van der Waals surface area contributed by atoms with Gasteiger partial charge >= 0.3 is 5.97 Å². The van der Waals surface area contributed by atoms with Crippen molar-refractivity contribution in [3.63, 3.8) is 0 Å². The standard InChI is InChI=1S/C10H18N2O3/c1-7(11)9(13)12-5-3-4-8(6-12)10(14)15-2/h7-8H,3-6,11H2,1-2H3. The average molecular weight is 214 g/mol. The summed E-state index contributed by atoms with van der Waals surface area (Å²) in [6.45, 7) is 2.78. The maximum atomic E-state index is 11.6. The smallest absolute Gasteiger partial charge is 0.310 e. The van der Waals surface area contributed by atoms with Crippen LogP contribution in [0.1, 0.15) is 19.8 Å². The number of rotatable bonds is 2. The molecule has 0 radical (unpaired) electrons. The van der Waals surface area contributed by atoms with E-state index in [1.54, 1.807) is 11.8 Å². The lowest BCUT2D eigenvalue weighted by Crippen LogP contribution is -2.48. The minimum absolute atomic E-state index is 0.0939. The molecule has 5 heteroatoms. The molecule has 0 aromatic heterocycles. The van der Waals surface area contributed by atoms with E-state index in [1.807, 2.05) is 0 Å². The SMILES string of the molecule is COC(=O)C1CCCN(C(=O)C(C)N)C1. The van der Waals surface area contributed by atoms with Crippen molar-refractivity contribution in [2.45, 2.75) is 25.8 Å². The zero-order valence-corrected chi connectivity index (χ0v) is 9.23. The van der Waals surface area contributed by atoms with Gasteiger partial charge in [0.15, 0.2) is 0 Å². The van der Waals surface area contributed by atoms with E-state index in [4.69, 9.17) is 5.73 Å². The van der Waals surface area contributed by atoms with Crippen LogP contribution in [-0.4, -0.2) is 43.0 Å². The van der Waals surface area contributed by atoms with E-state index in [0.29, 0.717) is 13.1 Å². The summed E-state index contributed by atoms with van der Waals surface area (Å²) >= 11 is 0. The summed E-state index contributed by atoms with van der Waals surface area (Å²) in [6.07, 6.45) is 1.62. The number of hydrogen-bond donors (Lipinski definition) is 1. The quantitative estimate of drug-likeness (QED) is 0.643. The van der Waals surface area contributed by atoms with Crippen LogP contribution >= 0.6 is 0 Å². The summed E-state index contributed by atoms with van der Waals surface area (Å²) in [5.74, 6) is -0.521. The molecular weight excluding hydrogens is 196 g/mol. The second-order valence-corrected chi connectivity index (χ2v) is 3.94. The fourth-order valence-corrected chi connectivity index (χ4v) is 1.82. The van der Waals surface area contributed by atoms with Gasteiger partial charge in [-0.1, -0.05) is 0 Å². The molecule has 86 valence electrons. The molecule has 0 aliphatic carbocycles. The van der Waals surface area contributed by atoms with Gasteiger partial charge in [-0.05, 0) is 19.8 Å². The van der Waals surface area contributed by atoms with Crippen molar-refractivity contribution in [3.8, 4) is 0 Å². The monoisotopic (exact) mass is 214 g/mol. The Kier molecular flexibility index (Phi) is 4.08. The highest BCUT2D eigenvalue weighted by atomic mass is 16.5.